The van der Waals surface area contributed by atoms with E-state index in [0.29, 0.717) is 11.3 Å². The number of hydrogen-bond donors (Lipinski definition) is 1. The number of alkyl halides is 3. The number of pyridine rings is 1. The maximum Gasteiger partial charge on any atom is 0.433 e. The van der Waals surface area contributed by atoms with Crippen molar-refractivity contribution in [2.24, 2.45) is 0 Å². The number of nitrogens with two attached hydrogens (primary N) is 1. The molecule has 1 aromatic carbocycles. The van der Waals surface area contributed by atoms with Gasteiger partial charge in [-0.05, 0) is 30.3 Å². The van der Waals surface area contributed by atoms with Crippen molar-refractivity contribution in [1.29, 1.82) is 5.26 Å². The Balaban J connectivity index is 2.42. The Hall–Kier alpha value is -2.75. The van der Waals surface area contributed by atoms with Gasteiger partial charge in [-0.1, -0.05) is 0 Å². The minimum absolute atomic E-state index is 0.134. The Morgan fingerprint density at radius 1 is 1.24 bits per heavy atom. The molecule has 1 aromatic heterocycles. The molecule has 0 amide bonds. The molecular formula is C14H11F3N4. The number of benzene rings is 1. The van der Waals surface area contributed by atoms with Gasteiger partial charge in [-0.2, -0.15) is 18.4 Å². The predicted octanol–water partition coefficient (Wildman–Crippen LogP) is 3.32. The smallest absolute Gasteiger partial charge is 0.396 e. The lowest BCUT2D eigenvalue weighted by Crippen LogP contribution is -2.15. The Morgan fingerprint density at radius 3 is 2.38 bits per heavy atom. The number of nitrogen functional groups attached to an aromatic ring is 1. The van der Waals surface area contributed by atoms with Gasteiger partial charge in [-0.25, -0.2) is 4.98 Å². The summed E-state index contributed by atoms with van der Waals surface area (Å²) in [6.45, 7) is 0. The lowest BCUT2D eigenvalue weighted by atomic mass is 10.2. The molecule has 0 atom stereocenters. The zero-order valence-electron chi connectivity index (χ0n) is 11.0. The average molecular weight is 292 g/mol. The van der Waals surface area contributed by atoms with Crippen LogP contribution < -0.4 is 10.6 Å². The zero-order valence-corrected chi connectivity index (χ0v) is 11.0. The lowest BCUT2D eigenvalue weighted by Gasteiger charge is -2.22. The summed E-state index contributed by atoms with van der Waals surface area (Å²) < 4.78 is 38.1. The van der Waals surface area contributed by atoms with E-state index in [2.05, 4.69) is 4.98 Å². The molecule has 1 heterocycles. The molecule has 0 radical (unpaired) electrons. The molecular weight excluding hydrogens is 281 g/mol. The van der Waals surface area contributed by atoms with Gasteiger partial charge in [0, 0.05) is 12.7 Å². The standard InChI is InChI=1S/C14H11F3N4/c1-21(10-4-2-9(7-18)3-5-10)12-6-13(14(15,16)17)20-8-11(12)19/h2-6,8H,19H2,1H3. The van der Waals surface area contributed by atoms with Crippen molar-refractivity contribution < 1.29 is 13.2 Å². The van der Waals surface area contributed by atoms with Gasteiger partial charge in [0.25, 0.3) is 0 Å². The minimum atomic E-state index is -4.53. The second-order valence-corrected chi connectivity index (χ2v) is 4.34. The second kappa shape index (κ2) is 5.32. The first-order chi connectivity index (χ1) is 9.82. The Morgan fingerprint density at radius 2 is 1.86 bits per heavy atom. The molecule has 0 spiro atoms. The van der Waals surface area contributed by atoms with Gasteiger partial charge in [0.2, 0.25) is 0 Å². The van der Waals surface area contributed by atoms with E-state index in [4.69, 9.17) is 11.0 Å². The van der Waals surface area contributed by atoms with E-state index >= 15 is 0 Å². The normalized spacial score (nSPS) is 11.0. The fraction of sp³-hybridized carbons (Fsp3) is 0.143. The van der Waals surface area contributed by atoms with E-state index in [9.17, 15) is 13.2 Å². The minimum Gasteiger partial charge on any atom is -0.396 e. The molecule has 0 saturated carbocycles. The molecule has 0 bridgehead atoms. The molecule has 0 aliphatic heterocycles. The first-order valence-corrected chi connectivity index (χ1v) is 5.89. The van der Waals surface area contributed by atoms with E-state index in [-0.39, 0.29) is 11.4 Å². The number of aromatic nitrogens is 1. The number of halogens is 3. The van der Waals surface area contributed by atoms with Crippen LogP contribution >= 0.6 is 0 Å². The third kappa shape index (κ3) is 3.05. The molecule has 0 aliphatic carbocycles. The van der Waals surface area contributed by atoms with E-state index in [1.165, 1.54) is 4.90 Å². The third-order valence-corrected chi connectivity index (χ3v) is 2.95. The molecule has 0 saturated heterocycles. The van der Waals surface area contributed by atoms with Crippen LogP contribution in [0.5, 0.6) is 0 Å². The summed E-state index contributed by atoms with van der Waals surface area (Å²) in [5, 5.41) is 8.74. The zero-order chi connectivity index (χ0) is 15.6. The summed E-state index contributed by atoms with van der Waals surface area (Å²) in [4.78, 5) is 4.80. The lowest BCUT2D eigenvalue weighted by molar-refractivity contribution is -0.141. The topological polar surface area (TPSA) is 65.9 Å². The van der Waals surface area contributed by atoms with Crippen molar-refractivity contribution >= 4 is 17.1 Å². The SMILES string of the molecule is CN(c1ccc(C#N)cc1)c1cc(C(F)(F)F)ncc1N. The van der Waals surface area contributed by atoms with Crippen molar-refractivity contribution in [3.8, 4) is 6.07 Å². The number of rotatable bonds is 2. The molecule has 2 N–H and O–H groups in total. The van der Waals surface area contributed by atoms with Gasteiger partial charge in [0.15, 0.2) is 0 Å². The van der Waals surface area contributed by atoms with Crippen LogP contribution in [-0.4, -0.2) is 12.0 Å². The highest BCUT2D eigenvalue weighted by Crippen LogP contribution is 2.34. The molecule has 7 heteroatoms. The highest BCUT2D eigenvalue weighted by molar-refractivity contribution is 5.74. The summed E-state index contributed by atoms with van der Waals surface area (Å²) >= 11 is 0. The van der Waals surface area contributed by atoms with Crippen LogP contribution in [0, 0.1) is 11.3 Å². The van der Waals surface area contributed by atoms with Gasteiger partial charge in [-0.15, -0.1) is 0 Å². The molecule has 2 aromatic rings. The Labute approximate surface area is 119 Å². The molecule has 0 aliphatic rings. The fourth-order valence-electron chi connectivity index (χ4n) is 1.80. The molecule has 0 fully saturated rings. The van der Waals surface area contributed by atoms with E-state index in [1.54, 1.807) is 31.3 Å². The van der Waals surface area contributed by atoms with Crippen LogP contribution in [0.4, 0.5) is 30.2 Å². The summed E-state index contributed by atoms with van der Waals surface area (Å²) in [6, 6.07) is 9.28. The van der Waals surface area contributed by atoms with Gasteiger partial charge >= 0.3 is 6.18 Å². The number of hydrogen-bond acceptors (Lipinski definition) is 4. The Bertz CT molecular complexity index is 687. The van der Waals surface area contributed by atoms with Gasteiger partial charge in [0.1, 0.15) is 5.69 Å². The summed E-state index contributed by atoms with van der Waals surface area (Å²) in [7, 11) is 1.59. The maximum atomic E-state index is 12.7. The first kappa shape index (κ1) is 14.7. The fourth-order valence-corrected chi connectivity index (χ4v) is 1.80. The molecule has 4 nitrogen and oxygen atoms in total. The van der Waals surface area contributed by atoms with Crippen LogP contribution in [0.3, 0.4) is 0 Å². The summed E-state index contributed by atoms with van der Waals surface area (Å²) in [6.07, 6.45) is -3.55. The maximum absolute atomic E-state index is 12.7. The Kier molecular flexibility index (Phi) is 3.72. The van der Waals surface area contributed by atoms with Crippen molar-refractivity contribution in [2.75, 3.05) is 17.7 Å². The van der Waals surface area contributed by atoms with Gasteiger partial charge in [-0.3, -0.25) is 0 Å². The van der Waals surface area contributed by atoms with E-state index in [1.807, 2.05) is 6.07 Å². The summed E-state index contributed by atoms with van der Waals surface area (Å²) in [5.74, 6) is 0. The largest absolute Gasteiger partial charge is 0.433 e. The van der Waals surface area contributed by atoms with Crippen LogP contribution in [0.25, 0.3) is 0 Å². The van der Waals surface area contributed by atoms with E-state index in [0.717, 1.165) is 12.3 Å². The predicted molar refractivity (Wildman–Crippen MR) is 72.9 cm³/mol. The monoisotopic (exact) mass is 292 g/mol. The molecule has 108 valence electrons. The molecule has 21 heavy (non-hydrogen) atoms. The van der Waals surface area contributed by atoms with Crippen molar-refractivity contribution in [3.63, 3.8) is 0 Å². The van der Waals surface area contributed by atoms with E-state index < -0.39 is 11.9 Å². The second-order valence-electron chi connectivity index (χ2n) is 4.34. The summed E-state index contributed by atoms with van der Waals surface area (Å²) in [5.41, 5.74) is 6.10. The third-order valence-electron chi connectivity index (χ3n) is 2.95. The van der Waals surface area contributed by atoms with Crippen molar-refractivity contribution in [1.82, 2.24) is 4.98 Å². The quantitative estimate of drug-likeness (QED) is 0.922. The van der Waals surface area contributed by atoms with Crippen LogP contribution in [0.2, 0.25) is 0 Å². The number of nitriles is 1. The van der Waals surface area contributed by atoms with Crippen molar-refractivity contribution in [3.05, 3.63) is 47.8 Å². The highest BCUT2D eigenvalue weighted by Gasteiger charge is 2.33. The number of anilines is 3. The van der Waals surface area contributed by atoms with Crippen LogP contribution in [-0.2, 0) is 6.18 Å². The van der Waals surface area contributed by atoms with Crippen LogP contribution in [0.15, 0.2) is 36.5 Å². The average Bonchev–Trinajstić information content (AvgIpc) is 2.46. The van der Waals surface area contributed by atoms with Gasteiger partial charge < -0.3 is 10.6 Å². The molecule has 2 rings (SSSR count). The molecule has 0 unspecified atom stereocenters. The van der Waals surface area contributed by atoms with Crippen LogP contribution in [0.1, 0.15) is 11.3 Å². The van der Waals surface area contributed by atoms with Crippen molar-refractivity contribution in [2.45, 2.75) is 6.18 Å². The highest BCUT2D eigenvalue weighted by atomic mass is 19.4. The number of nitrogens with zero attached hydrogens (tertiary/aromatic N) is 3. The first-order valence-electron chi connectivity index (χ1n) is 5.89. The van der Waals surface area contributed by atoms with Gasteiger partial charge in [0.05, 0.1) is 29.2 Å².